The van der Waals surface area contributed by atoms with Crippen molar-refractivity contribution in [1.82, 2.24) is 9.21 Å². The van der Waals surface area contributed by atoms with Gasteiger partial charge in [0.1, 0.15) is 0 Å². The third-order valence-electron chi connectivity index (χ3n) is 6.77. The Morgan fingerprint density at radius 3 is 2.32 bits per heavy atom. The number of allylic oxidation sites excluding steroid dienone is 6. The second-order valence-electron chi connectivity index (χ2n) is 9.57. The van der Waals surface area contributed by atoms with Crippen LogP contribution >= 0.6 is 0 Å². The van der Waals surface area contributed by atoms with Gasteiger partial charge in [0.05, 0.1) is 11.5 Å². The van der Waals surface area contributed by atoms with Crippen molar-refractivity contribution in [2.24, 2.45) is 0 Å². The van der Waals surface area contributed by atoms with Crippen LogP contribution in [0, 0.1) is 0 Å². The second-order valence-corrected chi connectivity index (χ2v) is 11.5. The van der Waals surface area contributed by atoms with E-state index >= 15 is 0 Å². The van der Waals surface area contributed by atoms with Crippen molar-refractivity contribution in [3.8, 4) is 0 Å². The first-order valence-electron chi connectivity index (χ1n) is 11.9. The number of aliphatic hydroxyl groups is 1. The van der Waals surface area contributed by atoms with Crippen LogP contribution in [0.15, 0.2) is 78.3 Å². The molecule has 34 heavy (non-hydrogen) atoms. The highest BCUT2D eigenvalue weighted by atomic mass is 32.2. The van der Waals surface area contributed by atoms with Crippen molar-refractivity contribution in [1.29, 1.82) is 0 Å². The van der Waals surface area contributed by atoms with Crippen LogP contribution in [0.1, 0.15) is 50.7 Å². The van der Waals surface area contributed by atoms with Crippen LogP contribution in [0.5, 0.6) is 0 Å². The summed E-state index contributed by atoms with van der Waals surface area (Å²) in [4.78, 5) is 2.49. The summed E-state index contributed by atoms with van der Waals surface area (Å²) in [6.07, 6.45) is 6.76. The van der Waals surface area contributed by atoms with E-state index in [9.17, 15) is 13.5 Å². The van der Waals surface area contributed by atoms with Crippen LogP contribution in [-0.4, -0.2) is 61.1 Å². The lowest BCUT2D eigenvalue weighted by Crippen LogP contribution is -2.67. The van der Waals surface area contributed by atoms with E-state index in [0.717, 1.165) is 36.1 Å². The second kappa shape index (κ2) is 11.0. The molecule has 0 amide bonds. The molecule has 3 rings (SSSR count). The predicted octanol–water partition coefficient (Wildman–Crippen LogP) is 4.87. The number of benzene rings is 1. The van der Waals surface area contributed by atoms with Gasteiger partial charge in [0.15, 0.2) is 0 Å². The van der Waals surface area contributed by atoms with Gasteiger partial charge in [-0.1, -0.05) is 61.7 Å². The Morgan fingerprint density at radius 1 is 1.12 bits per heavy atom. The molecule has 0 saturated carbocycles. The summed E-state index contributed by atoms with van der Waals surface area (Å²) in [5.41, 5.74) is 4.84. The van der Waals surface area contributed by atoms with E-state index in [4.69, 9.17) is 0 Å². The number of hydrogen-bond donors (Lipinski definition) is 1. The Bertz CT molecular complexity index is 1090. The van der Waals surface area contributed by atoms with Gasteiger partial charge in [0.25, 0.3) is 0 Å². The van der Waals surface area contributed by atoms with Gasteiger partial charge in [-0.2, -0.15) is 4.31 Å². The molecule has 184 valence electrons. The Labute approximate surface area is 205 Å². The quantitative estimate of drug-likeness (QED) is 0.537. The molecular weight excluding hydrogens is 444 g/mol. The first-order valence-corrected chi connectivity index (χ1v) is 13.3. The minimum atomic E-state index is -3.69. The van der Waals surface area contributed by atoms with Crippen LogP contribution in [0.25, 0.3) is 5.57 Å². The summed E-state index contributed by atoms with van der Waals surface area (Å²) < 4.78 is 28.6. The van der Waals surface area contributed by atoms with Crippen molar-refractivity contribution in [2.45, 2.75) is 51.6 Å². The zero-order valence-corrected chi connectivity index (χ0v) is 21.5. The summed E-state index contributed by atoms with van der Waals surface area (Å²) in [5, 5.41) is 10.2. The van der Waals surface area contributed by atoms with E-state index in [1.54, 1.807) is 11.2 Å². The number of aliphatic hydroxyl groups excluding tert-OH is 1. The fraction of sp³-hybridized carbons (Fsp3) is 0.429. The van der Waals surface area contributed by atoms with Gasteiger partial charge in [-0.25, -0.2) is 8.42 Å². The number of hydrogen-bond acceptors (Lipinski definition) is 4. The van der Waals surface area contributed by atoms with Gasteiger partial charge in [-0.15, -0.1) is 0 Å². The molecule has 0 bridgehead atoms. The predicted molar refractivity (Wildman–Crippen MR) is 142 cm³/mol. The molecule has 2 aliphatic heterocycles. The molecule has 1 aromatic rings. The van der Waals surface area contributed by atoms with Gasteiger partial charge < -0.3 is 5.11 Å². The lowest BCUT2D eigenvalue weighted by Gasteiger charge is -2.57. The van der Waals surface area contributed by atoms with Crippen LogP contribution < -0.4 is 0 Å². The Hall–Kier alpha value is -2.25. The SMILES string of the molecule is C=C/C=C(\C(=C)C)S(=O)(=O)N1CCCCN2[C@H](CO)[C@@H](c3ccc(C(=C)C=C(C)C)cc3)[C@@H]2C1. The molecule has 0 spiro atoms. The number of fused-ring (bicyclic) bond motifs is 1. The number of nitrogens with zero attached hydrogens (tertiary/aromatic N) is 2. The van der Waals surface area contributed by atoms with E-state index in [1.807, 2.05) is 13.8 Å². The topological polar surface area (TPSA) is 60.9 Å². The summed E-state index contributed by atoms with van der Waals surface area (Å²) in [5.74, 6) is 0.0585. The molecule has 1 N–H and O–H groups in total. The van der Waals surface area contributed by atoms with Crippen LogP contribution in [0.3, 0.4) is 0 Å². The van der Waals surface area contributed by atoms with Crippen molar-refractivity contribution in [3.05, 3.63) is 89.4 Å². The zero-order chi connectivity index (χ0) is 25.0. The van der Waals surface area contributed by atoms with Gasteiger partial charge in [-0.05, 0) is 68.5 Å². The van der Waals surface area contributed by atoms with Gasteiger partial charge in [-0.3, -0.25) is 4.90 Å². The number of sulfonamides is 1. The molecule has 2 aliphatic rings. The van der Waals surface area contributed by atoms with E-state index in [0.29, 0.717) is 18.7 Å². The zero-order valence-electron chi connectivity index (χ0n) is 20.7. The smallest absolute Gasteiger partial charge is 0.243 e. The van der Waals surface area contributed by atoms with E-state index < -0.39 is 10.0 Å². The monoisotopic (exact) mass is 482 g/mol. The fourth-order valence-corrected chi connectivity index (χ4v) is 6.88. The highest BCUT2D eigenvalue weighted by molar-refractivity contribution is 7.93. The normalized spacial score (nSPS) is 24.2. The average Bonchev–Trinajstić information content (AvgIpc) is 2.75. The van der Waals surface area contributed by atoms with Crippen LogP contribution in [-0.2, 0) is 10.0 Å². The molecule has 2 saturated heterocycles. The molecule has 0 aliphatic carbocycles. The fourth-order valence-electron chi connectivity index (χ4n) is 5.17. The maximum atomic E-state index is 13.5. The molecule has 6 heteroatoms. The lowest BCUT2D eigenvalue weighted by molar-refractivity contribution is -0.0553. The van der Waals surface area contributed by atoms with Gasteiger partial charge >= 0.3 is 0 Å². The molecule has 2 fully saturated rings. The van der Waals surface area contributed by atoms with Crippen molar-refractivity contribution >= 4 is 15.6 Å². The summed E-state index contributed by atoms with van der Waals surface area (Å²) in [6, 6.07) is 8.32. The Balaban J connectivity index is 1.91. The molecule has 2 heterocycles. The Kier molecular flexibility index (Phi) is 8.52. The standard InChI is InChI=1S/C28H38N2O3S/c1-7-10-27(21(4)5)34(32,33)29-15-8-9-16-30-25(18-29)28(26(30)19-31)24-13-11-23(12-14-24)22(6)17-20(2)3/h7,10-14,17,25-26,28,31H,1,4,6,8-9,15-16,18-19H2,2-3,5H3/b27-10+/t25-,26+,28-/m0/s1. The minimum Gasteiger partial charge on any atom is -0.395 e. The van der Waals surface area contributed by atoms with E-state index in [2.05, 4.69) is 55.0 Å². The molecule has 0 aromatic heterocycles. The average molecular weight is 483 g/mol. The van der Waals surface area contributed by atoms with Crippen molar-refractivity contribution < 1.29 is 13.5 Å². The largest absolute Gasteiger partial charge is 0.395 e. The maximum absolute atomic E-state index is 13.5. The summed E-state index contributed by atoms with van der Waals surface area (Å²) in [7, 11) is -3.69. The van der Waals surface area contributed by atoms with Crippen molar-refractivity contribution in [2.75, 3.05) is 26.2 Å². The third kappa shape index (κ3) is 5.36. The van der Waals surface area contributed by atoms with E-state index in [-0.39, 0.29) is 29.5 Å². The van der Waals surface area contributed by atoms with E-state index in [1.165, 1.54) is 17.7 Å². The first-order chi connectivity index (χ1) is 16.1. The molecule has 3 atom stereocenters. The molecular formula is C28H38N2O3S. The number of rotatable bonds is 8. The highest BCUT2D eigenvalue weighted by Crippen LogP contribution is 2.43. The third-order valence-corrected chi connectivity index (χ3v) is 8.82. The summed E-state index contributed by atoms with van der Waals surface area (Å²) >= 11 is 0. The minimum absolute atomic E-state index is 0.00848. The summed E-state index contributed by atoms with van der Waals surface area (Å²) in [6.45, 7) is 19.3. The van der Waals surface area contributed by atoms with Crippen LogP contribution in [0.4, 0.5) is 0 Å². The highest BCUT2D eigenvalue weighted by Gasteiger charge is 2.50. The first kappa shape index (κ1) is 26.4. The van der Waals surface area contributed by atoms with Gasteiger partial charge in [0, 0.05) is 31.1 Å². The molecule has 0 radical (unpaired) electrons. The maximum Gasteiger partial charge on any atom is 0.243 e. The van der Waals surface area contributed by atoms with Crippen LogP contribution in [0.2, 0.25) is 0 Å². The molecule has 5 nitrogen and oxygen atoms in total. The Morgan fingerprint density at radius 2 is 1.76 bits per heavy atom. The lowest BCUT2D eigenvalue weighted by atomic mass is 9.74. The van der Waals surface area contributed by atoms with Crippen molar-refractivity contribution in [3.63, 3.8) is 0 Å². The molecule has 0 unspecified atom stereocenters. The molecule has 1 aromatic carbocycles. The van der Waals surface area contributed by atoms with Gasteiger partial charge in [0.2, 0.25) is 10.0 Å².